The lowest BCUT2D eigenvalue weighted by Gasteiger charge is -2.13. The Kier molecular flexibility index (Phi) is 9.55. The molecule has 3 aromatic rings. The topological polar surface area (TPSA) is 67.5 Å². The van der Waals surface area contributed by atoms with Crippen molar-refractivity contribution in [3.8, 4) is 22.8 Å². The molecule has 2 aromatic carbocycles. The normalized spacial score (nSPS) is 11.1. The SMILES string of the molecule is COc1ccc(Cc2nc(-c3cc(Br)c(OCCCCN(C)C)c(Br)c3)c[nH]c2=O)cc1Br. The van der Waals surface area contributed by atoms with Gasteiger partial charge in [-0.25, -0.2) is 4.98 Å². The first-order valence-electron chi connectivity index (χ1n) is 10.5. The summed E-state index contributed by atoms with van der Waals surface area (Å²) in [5, 5.41) is 0. The van der Waals surface area contributed by atoms with Crippen LogP contribution in [-0.4, -0.2) is 49.2 Å². The second-order valence-corrected chi connectivity index (χ2v) is 10.4. The van der Waals surface area contributed by atoms with Gasteiger partial charge in [-0.05, 0) is 111 Å². The number of halogens is 3. The second kappa shape index (κ2) is 12.1. The molecule has 0 aliphatic heterocycles. The molecule has 9 heteroatoms. The number of hydrogen-bond acceptors (Lipinski definition) is 5. The van der Waals surface area contributed by atoms with Crippen LogP contribution in [0.2, 0.25) is 0 Å². The van der Waals surface area contributed by atoms with Crippen LogP contribution in [-0.2, 0) is 6.42 Å². The lowest BCUT2D eigenvalue weighted by atomic mass is 10.1. The monoisotopic (exact) mass is 641 g/mol. The molecule has 0 amide bonds. The van der Waals surface area contributed by atoms with Crippen molar-refractivity contribution in [2.75, 3.05) is 34.4 Å². The second-order valence-electron chi connectivity index (χ2n) is 7.84. The van der Waals surface area contributed by atoms with E-state index in [0.717, 1.165) is 55.4 Å². The predicted molar refractivity (Wildman–Crippen MR) is 142 cm³/mol. The Morgan fingerprint density at radius 2 is 1.76 bits per heavy atom. The minimum atomic E-state index is -0.207. The molecule has 176 valence electrons. The number of hydrogen-bond donors (Lipinski definition) is 1. The number of H-pyrrole nitrogens is 1. The van der Waals surface area contributed by atoms with Crippen molar-refractivity contribution < 1.29 is 9.47 Å². The minimum Gasteiger partial charge on any atom is -0.496 e. The van der Waals surface area contributed by atoms with E-state index in [-0.39, 0.29) is 5.56 Å². The van der Waals surface area contributed by atoms with Gasteiger partial charge in [-0.15, -0.1) is 0 Å². The Labute approximate surface area is 219 Å². The highest BCUT2D eigenvalue weighted by molar-refractivity contribution is 9.11. The molecule has 1 heterocycles. The van der Waals surface area contributed by atoms with Crippen LogP contribution in [0.15, 0.2) is 54.7 Å². The lowest BCUT2D eigenvalue weighted by molar-refractivity contribution is 0.290. The van der Waals surface area contributed by atoms with Crippen LogP contribution in [0.4, 0.5) is 0 Å². The van der Waals surface area contributed by atoms with Gasteiger partial charge in [0.2, 0.25) is 0 Å². The number of methoxy groups -OCH3 is 1. The van der Waals surface area contributed by atoms with Gasteiger partial charge in [0.1, 0.15) is 17.2 Å². The summed E-state index contributed by atoms with van der Waals surface area (Å²) in [6, 6.07) is 9.63. The van der Waals surface area contributed by atoms with Gasteiger partial charge in [-0.3, -0.25) is 4.79 Å². The molecular formula is C24H26Br3N3O3. The minimum absolute atomic E-state index is 0.207. The highest BCUT2D eigenvalue weighted by atomic mass is 79.9. The highest BCUT2D eigenvalue weighted by Gasteiger charge is 2.13. The van der Waals surface area contributed by atoms with Crippen molar-refractivity contribution in [2.45, 2.75) is 19.3 Å². The first kappa shape index (κ1) is 25.9. The molecule has 0 unspecified atom stereocenters. The van der Waals surface area contributed by atoms with E-state index in [1.54, 1.807) is 13.3 Å². The molecule has 3 rings (SSSR count). The zero-order valence-corrected chi connectivity index (χ0v) is 23.5. The zero-order chi connectivity index (χ0) is 24.0. The van der Waals surface area contributed by atoms with Gasteiger partial charge in [0.25, 0.3) is 5.56 Å². The molecule has 1 N–H and O–H groups in total. The van der Waals surface area contributed by atoms with E-state index >= 15 is 0 Å². The molecular weight excluding hydrogens is 618 g/mol. The zero-order valence-electron chi connectivity index (χ0n) is 18.8. The number of nitrogens with one attached hydrogen (secondary N) is 1. The summed E-state index contributed by atoms with van der Waals surface area (Å²) in [5.74, 6) is 1.50. The summed E-state index contributed by atoms with van der Waals surface area (Å²) in [6.07, 6.45) is 4.09. The summed E-state index contributed by atoms with van der Waals surface area (Å²) in [4.78, 5) is 22.0. The molecule has 0 bridgehead atoms. The van der Waals surface area contributed by atoms with Crippen LogP contribution in [0, 0.1) is 0 Å². The van der Waals surface area contributed by atoms with E-state index < -0.39 is 0 Å². The third-order valence-electron chi connectivity index (χ3n) is 4.99. The molecule has 33 heavy (non-hydrogen) atoms. The summed E-state index contributed by atoms with van der Waals surface area (Å²) in [6.45, 7) is 1.68. The van der Waals surface area contributed by atoms with Gasteiger partial charge in [-0.2, -0.15) is 0 Å². The largest absolute Gasteiger partial charge is 0.496 e. The molecule has 0 atom stereocenters. The molecule has 0 radical (unpaired) electrons. The Bertz CT molecular complexity index is 1140. The fraction of sp³-hybridized carbons (Fsp3) is 0.333. The quantitative estimate of drug-likeness (QED) is 0.273. The van der Waals surface area contributed by atoms with E-state index in [1.165, 1.54) is 0 Å². The van der Waals surface area contributed by atoms with Gasteiger partial charge < -0.3 is 19.4 Å². The van der Waals surface area contributed by atoms with E-state index in [4.69, 9.17) is 9.47 Å². The number of rotatable bonds is 10. The van der Waals surface area contributed by atoms with Crippen LogP contribution in [0.25, 0.3) is 11.3 Å². The molecule has 0 aliphatic rings. The van der Waals surface area contributed by atoms with Gasteiger partial charge in [0.05, 0.1) is 32.8 Å². The molecule has 1 aromatic heterocycles. The Morgan fingerprint density at radius 3 is 2.39 bits per heavy atom. The van der Waals surface area contributed by atoms with Crippen molar-refractivity contribution in [1.82, 2.24) is 14.9 Å². The van der Waals surface area contributed by atoms with Gasteiger partial charge in [0, 0.05) is 18.2 Å². The summed E-state index contributed by atoms with van der Waals surface area (Å²) >= 11 is 10.7. The van der Waals surface area contributed by atoms with Crippen LogP contribution in [0.5, 0.6) is 11.5 Å². The Balaban J connectivity index is 1.78. The molecule has 0 spiro atoms. The van der Waals surface area contributed by atoms with Crippen LogP contribution in [0.3, 0.4) is 0 Å². The highest BCUT2D eigenvalue weighted by Crippen LogP contribution is 2.37. The van der Waals surface area contributed by atoms with Crippen molar-refractivity contribution in [3.63, 3.8) is 0 Å². The summed E-state index contributed by atoms with van der Waals surface area (Å²) < 4.78 is 13.8. The number of aromatic amines is 1. The van der Waals surface area contributed by atoms with E-state index in [2.05, 4.69) is 76.8 Å². The lowest BCUT2D eigenvalue weighted by Crippen LogP contribution is -2.15. The fourth-order valence-electron chi connectivity index (χ4n) is 3.28. The Hall–Kier alpha value is -1.68. The van der Waals surface area contributed by atoms with Crippen molar-refractivity contribution in [1.29, 1.82) is 0 Å². The summed E-state index contributed by atoms with van der Waals surface area (Å²) in [5.41, 5.74) is 2.73. The molecule has 0 aliphatic carbocycles. The van der Waals surface area contributed by atoms with E-state index in [0.29, 0.717) is 24.4 Å². The number of unbranched alkanes of at least 4 members (excludes halogenated alkanes) is 1. The number of benzene rings is 2. The van der Waals surface area contributed by atoms with Crippen LogP contribution >= 0.6 is 47.8 Å². The predicted octanol–water partition coefficient (Wildman–Crippen LogP) is 6.04. The standard InChI is InChI=1S/C24H26Br3N3O3/c1-30(2)8-4-5-9-33-23-18(26)12-16(13-19(23)27)21-14-28-24(31)20(29-21)11-15-6-7-22(32-3)17(25)10-15/h6-7,10,12-14H,4-5,8-9,11H2,1-3H3,(H,28,31). The average molecular weight is 644 g/mol. The third-order valence-corrected chi connectivity index (χ3v) is 6.78. The first-order chi connectivity index (χ1) is 15.8. The third kappa shape index (κ3) is 7.15. The fourth-order valence-corrected chi connectivity index (χ4v) is 5.28. The maximum atomic E-state index is 12.4. The molecule has 6 nitrogen and oxygen atoms in total. The first-order valence-corrected chi connectivity index (χ1v) is 12.8. The summed E-state index contributed by atoms with van der Waals surface area (Å²) in [7, 11) is 5.76. The van der Waals surface area contributed by atoms with Crippen LogP contribution < -0.4 is 15.0 Å². The number of aromatic nitrogens is 2. The number of nitrogens with zero attached hydrogens (tertiary/aromatic N) is 2. The maximum absolute atomic E-state index is 12.4. The van der Waals surface area contributed by atoms with Gasteiger partial charge in [-0.1, -0.05) is 6.07 Å². The average Bonchev–Trinajstić information content (AvgIpc) is 2.76. The smallest absolute Gasteiger partial charge is 0.270 e. The van der Waals surface area contributed by atoms with E-state index in [1.807, 2.05) is 30.3 Å². The molecule has 0 fully saturated rings. The van der Waals surface area contributed by atoms with Crippen molar-refractivity contribution >= 4 is 47.8 Å². The number of ether oxygens (including phenoxy) is 2. The van der Waals surface area contributed by atoms with Crippen LogP contribution in [0.1, 0.15) is 24.1 Å². The van der Waals surface area contributed by atoms with Gasteiger partial charge in [0.15, 0.2) is 0 Å². The Morgan fingerprint density at radius 1 is 1.03 bits per heavy atom. The van der Waals surface area contributed by atoms with E-state index in [9.17, 15) is 4.79 Å². The van der Waals surface area contributed by atoms with Gasteiger partial charge >= 0.3 is 0 Å². The molecule has 0 saturated carbocycles. The van der Waals surface area contributed by atoms with Crippen molar-refractivity contribution in [3.05, 3.63) is 71.6 Å². The molecule has 0 saturated heterocycles. The van der Waals surface area contributed by atoms with Crippen molar-refractivity contribution in [2.24, 2.45) is 0 Å². The maximum Gasteiger partial charge on any atom is 0.270 e.